The zero-order valence-corrected chi connectivity index (χ0v) is 14.8. The summed E-state index contributed by atoms with van der Waals surface area (Å²) in [5.74, 6) is 1.60. The van der Waals surface area contributed by atoms with Crippen LogP contribution in [0.1, 0.15) is 22.9 Å². The number of ether oxygens (including phenoxy) is 1. The number of hydrogen-bond donors (Lipinski definition) is 2. The maximum atomic E-state index is 5.66. The minimum Gasteiger partial charge on any atom is -0.497 e. The molecular formula is C19H18N4OS. The first kappa shape index (κ1) is 15.7. The van der Waals surface area contributed by atoms with Crippen LogP contribution in [-0.2, 0) is 0 Å². The molecule has 1 aliphatic heterocycles. The monoisotopic (exact) mass is 350 g/mol. The van der Waals surface area contributed by atoms with Gasteiger partial charge in [0.1, 0.15) is 5.75 Å². The molecule has 3 aromatic rings. The molecule has 0 aliphatic carbocycles. The molecule has 25 heavy (non-hydrogen) atoms. The number of rotatable bonds is 3. The standard InChI is InChI=1S/C19H18N4OS/c1-12-16-17(13-7-6-10-15(11-13)24-2)23(14-8-4-3-5-9-14)19(25)20-18(16)22-21-12/h3-11,17H,1-2H3,(H2,20,21,22,25). The Hall–Kier alpha value is -2.86. The molecule has 2 heterocycles. The highest BCUT2D eigenvalue weighted by atomic mass is 32.1. The molecule has 6 heteroatoms. The minimum atomic E-state index is -0.0833. The molecule has 2 N–H and O–H groups in total. The highest BCUT2D eigenvalue weighted by Gasteiger charge is 2.35. The van der Waals surface area contributed by atoms with Gasteiger partial charge in [0.2, 0.25) is 0 Å². The summed E-state index contributed by atoms with van der Waals surface area (Å²) in [4.78, 5) is 2.12. The number of methoxy groups -OCH3 is 1. The van der Waals surface area contributed by atoms with Crippen molar-refractivity contribution < 1.29 is 4.74 Å². The molecule has 1 atom stereocenters. The Bertz CT molecular complexity index is 922. The molecule has 1 aromatic heterocycles. The average Bonchev–Trinajstić information content (AvgIpc) is 3.01. The van der Waals surface area contributed by atoms with Gasteiger partial charge in [-0.25, -0.2) is 0 Å². The third-order valence-corrected chi connectivity index (χ3v) is 4.71. The fourth-order valence-electron chi connectivity index (χ4n) is 3.26. The first-order valence-corrected chi connectivity index (χ1v) is 8.44. The highest BCUT2D eigenvalue weighted by molar-refractivity contribution is 7.80. The Kier molecular flexibility index (Phi) is 3.89. The Morgan fingerprint density at radius 2 is 1.92 bits per heavy atom. The number of aromatic nitrogens is 2. The lowest BCUT2D eigenvalue weighted by Gasteiger charge is -2.38. The van der Waals surface area contributed by atoms with Gasteiger partial charge in [-0.2, -0.15) is 5.10 Å². The summed E-state index contributed by atoms with van der Waals surface area (Å²) in [7, 11) is 1.68. The topological polar surface area (TPSA) is 53.2 Å². The number of para-hydroxylation sites is 1. The normalized spacial score (nSPS) is 16.3. The smallest absolute Gasteiger partial charge is 0.180 e. The van der Waals surface area contributed by atoms with Gasteiger partial charge >= 0.3 is 0 Å². The van der Waals surface area contributed by atoms with Crippen molar-refractivity contribution in [2.45, 2.75) is 13.0 Å². The van der Waals surface area contributed by atoms with Crippen LogP contribution in [0.2, 0.25) is 0 Å². The fourth-order valence-corrected chi connectivity index (χ4v) is 3.57. The molecule has 2 aromatic carbocycles. The van der Waals surface area contributed by atoms with Gasteiger partial charge in [-0.3, -0.25) is 5.10 Å². The van der Waals surface area contributed by atoms with Crippen LogP contribution in [0, 0.1) is 6.92 Å². The number of nitrogens with one attached hydrogen (secondary N) is 2. The number of H-pyrrole nitrogens is 1. The van der Waals surface area contributed by atoms with Crippen molar-refractivity contribution in [1.82, 2.24) is 10.2 Å². The largest absolute Gasteiger partial charge is 0.497 e. The lowest BCUT2D eigenvalue weighted by molar-refractivity contribution is 0.414. The maximum Gasteiger partial charge on any atom is 0.180 e. The average molecular weight is 350 g/mol. The van der Waals surface area contributed by atoms with E-state index in [4.69, 9.17) is 17.0 Å². The number of aryl methyl sites for hydroxylation is 1. The van der Waals surface area contributed by atoms with E-state index in [0.29, 0.717) is 5.11 Å². The summed E-state index contributed by atoms with van der Waals surface area (Å²) < 4.78 is 5.42. The molecule has 0 saturated heterocycles. The SMILES string of the molecule is COc1cccc(C2c3c(n[nH]c3C)NC(=S)N2c2ccccc2)c1. The van der Waals surface area contributed by atoms with Crippen LogP contribution >= 0.6 is 12.2 Å². The van der Waals surface area contributed by atoms with E-state index in [1.165, 1.54) is 0 Å². The van der Waals surface area contributed by atoms with Crippen LogP contribution in [0.4, 0.5) is 11.5 Å². The lowest BCUT2D eigenvalue weighted by Crippen LogP contribution is -2.42. The number of benzene rings is 2. The Labute approximate surface area is 151 Å². The van der Waals surface area contributed by atoms with Gasteiger partial charge < -0.3 is 15.0 Å². The molecule has 0 bridgehead atoms. The summed E-state index contributed by atoms with van der Waals surface area (Å²) in [6, 6.07) is 18.1. The first-order chi connectivity index (χ1) is 12.2. The minimum absolute atomic E-state index is 0.0833. The maximum absolute atomic E-state index is 5.66. The summed E-state index contributed by atoms with van der Waals surface area (Å²) in [5, 5.41) is 11.3. The highest BCUT2D eigenvalue weighted by Crippen LogP contribution is 2.41. The second-order valence-corrected chi connectivity index (χ2v) is 6.31. The van der Waals surface area contributed by atoms with Crippen molar-refractivity contribution in [2.75, 3.05) is 17.3 Å². The van der Waals surface area contributed by atoms with Crippen molar-refractivity contribution in [1.29, 1.82) is 0 Å². The lowest BCUT2D eigenvalue weighted by atomic mass is 9.94. The predicted molar refractivity (Wildman–Crippen MR) is 103 cm³/mol. The third-order valence-electron chi connectivity index (χ3n) is 4.41. The molecule has 0 saturated carbocycles. The quantitative estimate of drug-likeness (QED) is 0.699. The molecular weight excluding hydrogens is 332 g/mol. The summed E-state index contributed by atoms with van der Waals surface area (Å²) in [6.45, 7) is 2.03. The van der Waals surface area contributed by atoms with Crippen LogP contribution in [-0.4, -0.2) is 22.4 Å². The molecule has 0 amide bonds. The molecule has 0 spiro atoms. The van der Waals surface area contributed by atoms with E-state index < -0.39 is 0 Å². The van der Waals surface area contributed by atoms with Crippen LogP contribution in [0.5, 0.6) is 5.75 Å². The van der Waals surface area contributed by atoms with Gasteiger partial charge in [0.25, 0.3) is 0 Å². The van der Waals surface area contributed by atoms with Gasteiger partial charge in [-0.15, -0.1) is 0 Å². The van der Waals surface area contributed by atoms with Crippen molar-refractivity contribution in [3.63, 3.8) is 0 Å². The number of anilines is 2. The van der Waals surface area contributed by atoms with Crippen LogP contribution in [0.3, 0.4) is 0 Å². The van der Waals surface area contributed by atoms with Gasteiger partial charge in [0.15, 0.2) is 10.9 Å². The van der Waals surface area contributed by atoms with Crippen molar-refractivity contribution in [3.05, 3.63) is 71.4 Å². The van der Waals surface area contributed by atoms with Crippen molar-refractivity contribution in [2.24, 2.45) is 0 Å². The van der Waals surface area contributed by atoms with Crippen molar-refractivity contribution in [3.8, 4) is 5.75 Å². The number of aromatic amines is 1. The van der Waals surface area contributed by atoms with E-state index in [2.05, 4.69) is 38.6 Å². The first-order valence-electron chi connectivity index (χ1n) is 8.03. The Balaban J connectivity index is 1.93. The zero-order valence-electron chi connectivity index (χ0n) is 14.0. The van der Waals surface area contributed by atoms with Gasteiger partial charge in [-0.05, 0) is 49.0 Å². The molecule has 5 nitrogen and oxygen atoms in total. The van der Waals surface area contributed by atoms with E-state index >= 15 is 0 Å². The molecule has 1 unspecified atom stereocenters. The van der Waals surface area contributed by atoms with Gasteiger partial charge in [0, 0.05) is 16.9 Å². The van der Waals surface area contributed by atoms with Crippen LogP contribution < -0.4 is 15.0 Å². The number of thiocarbonyl (C=S) groups is 1. The number of nitrogens with zero attached hydrogens (tertiary/aromatic N) is 2. The zero-order chi connectivity index (χ0) is 17.4. The fraction of sp³-hybridized carbons (Fsp3) is 0.158. The second kappa shape index (κ2) is 6.22. The molecule has 0 radical (unpaired) electrons. The third kappa shape index (κ3) is 2.64. The number of hydrogen-bond acceptors (Lipinski definition) is 3. The molecule has 1 aliphatic rings. The summed E-state index contributed by atoms with van der Waals surface area (Å²) >= 11 is 5.66. The Morgan fingerprint density at radius 1 is 1.12 bits per heavy atom. The predicted octanol–water partition coefficient (Wildman–Crippen LogP) is 4.03. The molecule has 4 rings (SSSR count). The Morgan fingerprint density at radius 3 is 2.68 bits per heavy atom. The van der Waals surface area contributed by atoms with E-state index in [-0.39, 0.29) is 6.04 Å². The van der Waals surface area contributed by atoms with Crippen LogP contribution in [0.25, 0.3) is 0 Å². The molecule has 0 fully saturated rings. The van der Waals surface area contributed by atoms with Crippen molar-refractivity contribution >= 4 is 28.8 Å². The second-order valence-electron chi connectivity index (χ2n) is 5.93. The van der Waals surface area contributed by atoms with E-state index in [1.807, 2.05) is 43.3 Å². The van der Waals surface area contributed by atoms with E-state index in [9.17, 15) is 0 Å². The van der Waals surface area contributed by atoms with E-state index in [1.54, 1.807) is 7.11 Å². The number of fused-ring (bicyclic) bond motifs is 1. The summed E-state index contributed by atoms with van der Waals surface area (Å²) in [5.41, 5.74) is 4.22. The molecule has 126 valence electrons. The van der Waals surface area contributed by atoms with Gasteiger partial charge in [-0.1, -0.05) is 30.3 Å². The summed E-state index contributed by atoms with van der Waals surface area (Å²) in [6.07, 6.45) is 0. The van der Waals surface area contributed by atoms with Crippen LogP contribution in [0.15, 0.2) is 54.6 Å². The van der Waals surface area contributed by atoms with E-state index in [0.717, 1.165) is 34.1 Å². The van der Waals surface area contributed by atoms with Gasteiger partial charge in [0.05, 0.1) is 13.2 Å².